The van der Waals surface area contributed by atoms with Crippen LogP contribution in [0.5, 0.6) is 0 Å². The summed E-state index contributed by atoms with van der Waals surface area (Å²) in [5.74, 6) is -0.335. The zero-order valence-electron chi connectivity index (χ0n) is 23.0. The second kappa shape index (κ2) is 15.0. The number of carbonyl (C=O) groups is 2. The number of hydrogen-bond donors (Lipinski definition) is 1. The molecular weight excluding hydrogens is 516 g/mol. The number of unbranched alkanes of at least 4 members (excludes halogenated alkanes) is 1. The van der Waals surface area contributed by atoms with E-state index in [1.165, 1.54) is 0 Å². The van der Waals surface area contributed by atoms with E-state index < -0.39 is 6.04 Å². The molecule has 0 bridgehead atoms. The molecule has 4 nitrogen and oxygen atoms in total. The molecule has 1 unspecified atom stereocenters. The first-order valence-electron chi connectivity index (χ1n) is 14.0. The van der Waals surface area contributed by atoms with E-state index in [1.807, 2.05) is 91.0 Å². The Labute approximate surface area is 243 Å². The third kappa shape index (κ3) is 8.30. The van der Waals surface area contributed by atoms with Gasteiger partial charge in [-0.2, -0.15) is 0 Å². The highest BCUT2D eigenvalue weighted by atomic mass is 35.5. The summed E-state index contributed by atoms with van der Waals surface area (Å²) in [6, 6.07) is 37.0. The highest BCUT2D eigenvalue weighted by Crippen LogP contribution is 2.30. The molecular formula is C35H37ClN2O2. The molecule has 40 heavy (non-hydrogen) atoms. The van der Waals surface area contributed by atoms with Gasteiger partial charge in [0.05, 0.1) is 0 Å². The van der Waals surface area contributed by atoms with Gasteiger partial charge in [0.15, 0.2) is 0 Å². The molecule has 2 amide bonds. The van der Waals surface area contributed by atoms with E-state index in [1.54, 1.807) is 4.90 Å². The van der Waals surface area contributed by atoms with Gasteiger partial charge >= 0.3 is 0 Å². The second-order valence-electron chi connectivity index (χ2n) is 10.1. The van der Waals surface area contributed by atoms with Crippen molar-refractivity contribution in [1.82, 2.24) is 10.2 Å². The van der Waals surface area contributed by atoms with Gasteiger partial charge in [-0.15, -0.1) is 0 Å². The van der Waals surface area contributed by atoms with E-state index >= 15 is 0 Å². The average Bonchev–Trinajstić information content (AvgIpc) is 3.00. The fourth-order valence-electron chi connectivity index (χ4n) is 4.94. The molecule has 0 saturated heterocycles. The summed E-state index contributed by atoms with van der Waals surface area (Å²) >= 11 is 6.16. The predicted molar refractivity (Wildman–Crippen MR) is 163 cm³/mol. The Morgan fingerprint density at radius 2 is 1.30 bits per heavy atom. The molecule has 1 N–H and O–H groups in total. The van der Waals surface area contributed by atoms with Crippen molar-refractivity contribution in [2.24, 2.45) is 0 Å². The molecule has 0 radical (unpaired) electrons. The molecule has 0 fully saturated rings. The summed E-state index contributed by atoms with van der Waals surface area (Å²) in [4.78, 5) is 29.8. The first-order valence-corrected chi connectivity index (χ1v) is 14.4. The number of nitrogens with one attached hydrogen (secondary N) is 1. The average molecular weight is 553 g/mol. The zero-order chi connectivity index (χ0) is 28.2. The van der Waals surface area contributed by atoms with E-state index in [0.717, 1.165) is 35.1 Å². The van der Waals surface area contributed by atoms with Crippen molar-refractivity contribution in [2.75, 3.05) is 6.54 Å². The summed E-state index contributed by atoms with van der Waals surface area (Å²) in [6.07, 6.45) is 2.54. The van der Waals surface area contributed by atoms with Gasteiger partial charge in [0.2, 0.25) is 11.8 Å². The lowest BCUT2D eigenvalue weighted by Gasteiger charge is -2.33. The zero-order valence-corrected chi connectivity index (χ0v) is 23.8. The van der Waals surface area contributed by atoms with Crippen molar-refractivity contribution >= 4 is 23.4 Å². The summed E-state index contributed by atoms with van der Waals surface area (Å²) in [7, 11) is 0. The Hall–Kier alpha value is -3.89. The second-order valence-corrected chi connectivity index (χ2v) is 10.5. The Morgan fingerprint density at radius 1 is 0.750 bits per heavy atom. The van der Waals surface area contributed by atoms with Crippen molar-refractivity contribution in [3.8, 4) is 0 Å². The summed E-state index contributed by atoms with van der Waals surface area (Å²) < 4.78 is 0. The fourth-order valence-corrected chi connectivity index (χ4v) is 5.06. The number of nitrogens with zero attached hydrogens (tertiary/aromatic N) is 1. The Balaban J connectivity index is 1.71. The molecule has 4 rings (SSSR count). The smallest absolute Gasteiger partial charge is 0.243 e. The highest BCUT2D eigenvalue weighted by Gasteiger charge is 2.32. The molecule has 4 aromatic carbocycles. The standard InChI is InChI=1S/C35H37ClN2O2/c1-2-3-23-37-35(40)33(24-27-13-7-4-8-14-27)38(26-28-19-21-31(36)22-20-28)34(39)25-32(29-15-9-5-10-16-29)30-17-11-6-12-18-30/h4-22,32-33H,2-3,23-26H2,1H3,(H,37,40). The van der Waals surface area contributed by atoms with Gasteiger partial charge < -0.3 is 10.2 Å². The van der Waals surface area contributed by atoms with Crippen LogP contribution in [0.15, 0.2) is 115 Å². The van der Waals surface area contributed by atoms with Crippen molar-refractivity contribution in [2.45, 2.75) is 51.1 Å². The maximum absolute atomic E-state index is 14.4. The van der Waals surface area contributed by atoms with E-state index in [4.69, 9.17) is 11.6 Å². The monoisotopic (exact) mass is 552 g/mol. The van der Waals surface area contributed by atoms with Crippen LogP contribution in [0.2, 0.25) is 5.02 Å². The summed E-state index contributed by atoms with van der Waals surface area (Å²) in [5.41, 5.74) is 4.07. The molecule has 1 atom stereocenters. The van der Waals surface area contributed by atoms with Gasteiger partial charge in [-0.3, -0.25) is 9.59 Å². The van der Waals surface area contributed by atoms with E-state index in [2.05, 4.69) is 36.5 Å². The number of carbonyl (C=O) groups excluding carboxylic acids is 2. The number of rotatable bonds is 13. The minimum Gasteiger partial charge on any atom is -0.354 e. The summed E-state index contributed by atoms with van der Waals surface area (Å²) in [5, 5.41) is 3.73. The van der Waals surface area contributed by atoms with Crippen LogP contribution in [0.3, 0.4) is 0 Å². The van der Waals surface area contributed by atoms with Crippen LogP contribution in [0, 0.1) is 0 Å². The number of hydrogen-bond acceptors (Lipinski definition) is 2. The number of amides is 2. The molecule has 0 aliphatic heterocycles. The van der Waals surface area contributed by atoms with Crippen LogP contribution < -0.4 is 5.32 Å². The van der Waals surface area contributed by atoms with Crippen LogP contribution in [-0.2, 0) is 22.6 Å². The van der Waals surface area contributed by atoms with E-state index in [-0.39, 0.29) is 24.2 Å². The molecule has 0 heterocycles. The van der Waals surface area contributed by atoms with E-state index in [9.17, 15) is 9.59 Å². The first kappa shape index (κ1) is 29.1. The van der Waals surface area contributed by atoms with Crippen LogP contribution in [0.25, 0.3) is 0 Å². The third-order valence-electron chi connectivity index (χ3n) is 7.15. The van der Waals surface area contributed by atoms with Gasteiger partial charge in [-0.25, -0.2) is 0 Å². The van der Waals surface area contributed by atoms with Gasteiger partial charge in [0.25, 0.3) is 0 Å². The fraction of sp³-hybridized carbons (Fsp3) is 0.257. The molecule has 0 aromatic heterocycles. The van der Waals surface area contributed by atoms with Gasteiger partial charge in [0, 0.05) is 36.9 Å². The van der Waals surface area contributed by atoms with Crippen LogP contribution >= 0.6 is 11.6 Å². The Morgan fingerprint density at radius 3 is 1.85 bits per heavy atom. The molecule has 4 aromatic rings. The molecule has 0 aliphatic carbocycles. The topological polar surface area (TPSA) is 49.4 Å². The SMILES string of the molecule is CCCCNC(=O)C(Cc1ccccc1)N(Cc1ccc(Cl)cc1)C(=O)CC(c1ccccc1)c1ccccc1. The minimum absolute atomic E-state index is 0.0702. The maximum Gasteiger partial charge on any atom is 0.243 e. The number of halogens is 1. The van der Waals surface area contributed by atoms with Crippen molar-refractivity contribution in [1.29, 1.82) is 0 Å². The van der Waals surface area contributed by atoms with Crippen LogP contribution in [0.1, 0.15) is 54.4 Å². The van der Waals surface area contributed by atoms with Crippen LogP contribution in [-0.4, -0.2) is 29.3 Å². The maximum atomic E-state index is 14.4. The van der Waals surface area contributed by atoms with Gasteiger partial charge in [0.1, 0.15) is 6.04 Å². The lowest BCUT2D eigenvalue weighted by Crippen LogP contribution is -2.51. The lowest BCUT2D eigenvalue weighted by molar-refractivity contribution is -0.141. The van der Waals surface area contributed by atoms with Crippen molar-refractivity contribution < 1.29 is 9.59 Å². The first-order chi connectivity index (χ1) is 19.5. The molecule has 0 saturated carbocycles. The molecule has 206 valence electrons. The largest absolute Gasteiger partial charge is 0.354 e. The normalized spacial score (nSPS) is 11.7. The predicted octanol–water partition coefficient (Wildman–Crippen LogP) is 7.42. The number of benzene rings is 4. The van der Waals surface area contributed by atoms with Gasteiger partial charge in [-0.05, 0) is 40.8 Å². The molecule has 5 heteroatoms. The quantitative estimate of drug-likeness (QED) is 0.175. The highest BCUT2D eigenvalue weighted by molar-refractivity contribution is 6.30. The van der Waals surface area contributed by atoms with Gasteiger partial charge in [-0.1, -0.05) is 128 Å². The lowest BCUT2D eigenvalue weighted by atomic mass is 9.87. The van der Waals surface area contributed by atoms with E-state index in [0.29, 0.717) is 24.5 Å². The molecule has 0 aliphatic rings. The third-order valence-corrected chi connectivity index (χ3v) is 7.40. The summed E-state index contributed by atoms with van der Waals surface area (Å²) in [6.45, 7) is 2.99. The van der Waals surface area contributed by atoms with Crippen LogP contribution in [0.4, 0.5) is 0 Å². The van der Waals surface area contributed by atoms with Crippen molar-refractivity contribution in [3.63, 3.8) is 0 Å². The molecule has 0 spiro atoms. The Bertz CT molecular complexity index is 1290. The minimum atomic E-state index is -0.658. The van der Waals surface area contributed by atoms with Crippen molar-refractivity contribution in [3.05, 3.63) is 143 Å². The Kier molecular flexibility index (Phi) is 10.9.